The molecule has 6 nitrogen and oxygen atoms in total. The van der Waals surface area contributed by atoms with Crippen LogP contribution in [0.15, 0.2) is 29.3 Å². The molecular formula is C17H28N4O2. The number of rotatable bonds is 9. The molecular weight excluding hydrogens is 292 g/mol. The van der Waals surface area contributed by atoms with Crippen molar-refractivity contribution in [1.82, 2.24) is 10.6 Å². The number of benzene rings is 1. The number of guanidine groups is 1. The molecule has 0 aliphatic heterocycles. The lowest BCUT2D eigenvalue weighted by Crippen LogP contribution is -2.38. The lowest BCUT2D eigenvalue weighted by molar-refractivity contribution is 0.100. The average molecular weight is 320 g/mol. The summed E-state index contributed by atoms with van der Waals surface area (Å²) in [6, 6.07) is 7.18. The highest BCUT2D eigenvalue weighted by molar-refractivity contribution is 5.92. The van der Waals surface area contributed by atoms with Crippen LogP contribution in [0.2, 0.25) is 0 Å². The molecule has 1 rings (SSSR count). The van der Waals surface area contributed by atoms with E-state index in [4.69, 9.17) is 10.5 Å². The summed E-state index contributed by atoms with van der Waals surface area (Å²) >= 11 is 0. The second-order valence-corrected chi connectivity index (χ2v) is 5.71. The van der Waals surface area contributed by atoms with Crippen LogP contribution in [0.1, 0.15) is 36.2 Å². The number of hydrogen-bond donors (Lipinski definition) is 3. The van der Waals surface area contributed by atoms with E-state index in [1.807, 2.05) is 12.1 Å². The molecule has 1 aromatic carbocycles. The van der Waals surface area contributed by atoms with Crippen LogP contribution in [-0.4, -0.2) is 38.7 Å². The molecule has 4 N–H and O–H groups in total. The maximum atomic E-state index is 11.0. The van der Waals surface area contributed by atoms with Gasteiger partial charge in [0.25, 0.3) is 0 Å². The number of ether oxygens (including phenoxy) is 1. The molecule has 23 heavy (non-hydrogen) atoms. The van der Waals surface area contributed by atoms with Crippen molar-refractivity contribution >= 4 is 11.9 Å². The van der Waals surface area contributed by atoms with Gasteiger partial charge in [0.05, 0.1) is 6.61 Å². The minimum atomic E-state index is -0.417. The van der Waals surface area contributed by atoms with Crippen LogP contribution in [0.4, 0.5) is 0 Å². The molecule has 0 aromatic heterocycles. The summed E-state index contributed by atoms with van der Waals surface area (Å²) in [5, 5.41) is 6.41. The Bertz CT molecular complexity index is 498. The van der Waals surface area contributed by atoms with Crippen LogP contribution in [0.3, 0.4) is 0 Å². The predicted molar refractivity (Wildman–Crippen MR) is 93.4 cm³/mol. The van der Waals surface area contributed by atoms with Gasteiger partial charge in [-0.15, -0.1) is 0 Å². The number of nitrogens with zero attached hydrogens (tertiary/aromatic N) is 1. The third-order valence-corrected chi connectivity index (χ3v) is 3.30. The van der Waals surface area contributed by atoms with Gasteiger partial charge in [-0.2, -0.15) is 0 Å². The molecule has 0 aliphatic rings. The van der Waals surface area contributed by atoms with Crippen LogP contribution < -0.4 is 16.4 Å². The largest absolute Gasteiger partial charge is 0.380 e. The number of carbonyl (C=O) groups excluding carboxylic acids is 1. The second-order valence-electron chi connectivity index (χ2n) is 5.71. The summed E-state index contributed by atoms with van der Waals surface area (Å²) in [4.78, 5) is 15.2. The van der Waals surface area contributed by atoms with Crippen LogP contribution in [0.25, 0.3) is 0 Å². The fourth-order valence-electron chi connectivity index (χ4n) is 1.86. The lowest BCUT2D eigenvalue weighted by Gasteiger charge is -2.12. The van der Waals surface area contributed by atoms with Gasteiger partial charge in [0, 0.05) is 32.3 Å². The quantitative estimate of drug-likeness (QED) is 0.365. The number of aliphatic imine (C=N–C) groups is 1. The Hall–Kier alpha value is -2.08. The van der Waals surface area contributed by atoms with Crippen molar-refractivity contribution in [2.75, 3.05) is 26.8 Å². The first-order valence-electron chi connectivity index (χ1n) is 7.94. The van der Waals surface area contributed by atoms with Crippen molar-refractivity contribution in [3.8, 4) is 0 Å². The molecule has 0 spiro atoms. The molecule has 0 bridgehead atoms. The Morgan fingerprint density at radius 2 is 1.91 bits per heavy atom. The van der Waals surface area contributed by atoms with Crippen molar-refractivity contribution in [1.29, 1.82) is 0 Å². The first kappa shape index (κ1) is 19.0. The number of nitrogens with one attached hydrogen (secondary N) is 2. The van der Waals surface area contributed by atoms with Crippen molar-refractivity contribution in [3.63, 3.8) is 0 Å². The number of hydrogen-bond acceptors (Lipinski definition) is 3. The molecule has 128 valence electrons. The van der Waals surface area contributed by atoms with E-state index >= 15 is 0 Å². The Kier molecular flexibility index (Phi) is 8.75. The van der Waals surface area contributed by atoms with E-state index in [1.54, 1.807) is 19.2 Å². The summed E-state index contributed by atoms with van der Waals surface area (Å²) in [7, 11) is 1.73. The molecule has 0 unspecified atom stereocenters. The van der Waals surface area contributed by atoms with Crippen LogP contribution in [0, 0.1) is 5.92 Å². The smallest absolute Gasteiger partial charge is 0.248 e. The van der Waals surface area contributed by atoms with Gasteiger partial charge in [0.1, 0.15) is 0 Å². The van der Waals surface area contributed by atoms with Gasteiger partial charge in [-0.1, -0.05) is 26.0 Å². The molecule has 0 heterocycles. The molecule has 0 radical (unpaired) electrons. The third-order valence-electron chi connectivity index (χ3n) is 3.30. The van der Waals surface area contributed by atoms with Crippen LogP contribution in [-0.2, 0) is 11.3 Å². The molecule has 1 amide bonds. The van der Waals surface area contributed by atoms with Crippen molar-refractivity contribution in [2.45, 2.75) is 26.8 Å². The van der Waals surface area contributed by atoms with Crippen LogP contribution in [0.5, 0.6) is 0 Å². The maximum absolute atomic E-state index is 11.0. The first-order chi connectivity index (χ1) is 11.0. The van der Waals surface area contributed by atoms with Gasteiger partial charge in [-0.05, 0) is 30.0 Å². The minimum absolute atomic E-state index is 0.417. The highest BCUT2D eigenvalue weighted by Crippen LogP contribution is 2.03. The topological polar surface area (TPSA) is 88.7 Å². The van der Waals surface area contributed by atoms with Gasteiger partial charge in [-0.3, -0.25) is 9.79 Å². The van der Waals surface area contributed by atoms with Gasteiger partial charge < -0.3 is 21.1 Å². The summed E-state index contributed by atoms with van der Waals surface area (Å²) in [5.41, 5.74) is 6.77. The lowest BCUT2D eigenvalue weighted by atomic mass is 10.1. The standard InChI is InChI=1S/C17H28N4O2/c1-13(2)8-10-23-11-9-20-17(19-3)21-12-14-4-6-15(7-5-14)16(18)22/h4-7,13H,8-12H2,1-3H3,(H2,18,22)(H2,19,20,21). The zero-order valence-corrected chi connectivity index (χ0v) is 14.3. The van der Waals surface area contributed by atoms with Crippen LogP contribution >= 0.6 is 0 Å². The predicted octanol–water partition coefficient (Wildman–Crippen LogP) is 1.51. The normalized spacial score (nSPS) is 11.6. The molecule has 6 heteroatoms. The Labute approximate surface area is 138 Å². The highest BCUT2D eigenvalue weighted by Gasteiger charge is 2.01. The minimum Gasteiger partial charge on any atom is -0.380 e. The van der Waals surface area contributed by atoms with Gasteiger partial charge in [0.2, 0.25) is 5.91 Å². The summed E-state index contributed by atoms with van der Waals surface area (Å²) in [6.45, 7) is 7.14. The summed E-state index contributed by atoms with van der Waals surface area (Å²) in [6.07, 6.45) is 1.08. The monoisotopic (exact) mass is 320 g/mol. The van der Waals surface area contributed by atoms with E-state index in [-0.39, 0.29) is 0 Å². The molecule has 0 atom stereocenters. The van der Waals surface area contributed by atoms with Gasteiger partial charge in [0.15, 0.2) is 5.96 Å². The second kappa shape index (κ2) is 10.6. The molecule has 0 saturated carbocycles. The summed E-state index contributed by atoms with van der Waals surface area (Å²) < 4.78 is 5.55. The van der Waals surface area contributed by atoms with Gasteiger partial charge in [-0.25, -0.2) is 0 Å². The third kappa shape index (κ3) is 8.21. The fourth-order valence-corrected chi connectivity index (χ4v) is 1.86. The maximum Gasteiger partial charge on any atom is 0.248 e. The van der Waals surface area contributed by atoms with E-state index in [0.717, 1.165) is 24.6 Å². The zero-order chi connectivity index (χ0) is 17.1. The number of nitrogens with two attached hydrogens (primary N) is 1. The highest BCUT2D eigenvalue weighted by atomic mass is 16.5. The van der Waals surface area contributed by atoms with Crippen molar-refractivity contribution in [2.24, 2.45) is 16.6 Å². The average Bonchev–Trinajstić information content (AvgIpc) is 2.53. The number of primary amides is 1. The Morgan fingerprint density at radius 3 is 2.48 bits per heavy atom. The van der Waals surface area contributed by atoms with Gasteiger partial charge >= 0.3 is 0 Å². The Morgan fingerprint density at radius 1 is 1.22 bits per heavy atom. The molecule has 0 saturated heterocycles. The van der Waals surface area contributed by atoms with E-state index in [1.165, 1.54) is 0 Å². The molecule has 1 aromatic rings. The van der Waals surface area contributed by atoms with E-state index < -0.39 is 5.91 Å². The molecule has 0 fully saturated rings. The fraction of sp³-hybridized carbons (Fsp3) is 0.529. The first-order valence-corrected chi connectivity index (χ1v) is 7.94. The van der Waals surface area contributed by atoms with Crippen molar-refractivity contribution < 1.29 is 9.53 Å². The number of carbonyl (C=O) groups is 1. The Balaban J connectivity index is 2.24. The van der Waals surface area contributed by atoms with Crippen molar-refractivity contribution in [3.05, 3.63) is 35.4 Å². The number of amides is 1. The van der Waals surface area contributed by atoms with E-state index in [2.05, 4.69) is 29.5 Å². The van der Waals surface area contributed by atoms with E-state index in [9.17, 15) is 4.79 Å². The van der Waals surface area contributed by atoms with E-state index in [0.29, 0.717) is 31.2 Å². The summed E-state index contributed by atoms with van der Waals surface area (Å²) in [5.74, 6) is 0.967. The zero-order valence-electron chi connectivity index (χ0n) is 14.3. The molecule has 0 aliphatic carbocycles. The SMILES string of the molecule is CN=C(NCCOCCC(C)C)NCc1ccc(C(N)=O)cc1.